The number of hydrogen-bond donors (Lipinski definition) is 6. The predicted molar refractivity (Wildman–Crippen MR) is 389 cm³/mol. The lowest BCUT2D eigenvalue weighted by Gasteiger charge is -2.41. The number of hydrogen-bond acceptors (Lipinski definition) is 10. The molecule has 0 aliphatic carbocycles. The molecule has 0 radical (unpaired) electrons. The first kappa shape index (κ1) is 86.6. The first-order valence-electron chi connectivity index (χ1n) is 38.5. The minimum atomic E-state index is -1.62. The van der Waals surface area contributed by atoms with E-state index in [2.05, 4.69) is 111 Å². The molecule has 8 unspecified atom stereocenters. The van der Waals surface area contributed by atoms with Crippen molar-refractivity contribution in [1.29, 1.82) is 0 Å². The fraction of sp³-hybridized carbons (Fsp3) is 0.778. The number of esters is 1. The summed E-state index contributed by atoms with van der Waals surface area (Å²) in [7, 11) is 0. The molecular weight excluding hydrogens is 1150 g/mol. The summed E-state index contributed by atoms with van der Waals surface area (Å²) in [6.07, 6.45) is 81.7. The summed E-state index contributed by atoms with van der Waals surface area (Å²) < 4.78 is 17.7. The van der Waals surface area contributed by atoms with Gasteiger partial charge in [-0.15, -0.1) is 0 Å². The fourth-order valence-electron chi connectivity index (χ4n) is 11.7. The van der Waals surface area contributed by atoms with Crippen LogP contribution in [-0.4, -0.2) is 99.6 Å². The number of nitrogens with one attached hydrogen (secondary N) is 1. The highest BCUT2D eigenvalue weighted by molar-refractivity contribution is 5.80. The van der Waals surface area contributed by atoms with Gasteiger partial charge in [-0.1, -0.05) is 330 Å². The van der Waals surface area contributed by atoms with Gasteiger partial charge in [-0.3, -0.25) is 9.59 Å². The van der Waals surface area contributed by atoms with Crippen molar-refractivity contribution in [2.75, 3.05) is 13.2 Å². The van der Waals surface area contributed by atoms with Crippen LogP contribution in [0.5, 0.6) is 0 Å². The Morgan fingerprint density at radius 1 is 0.435 bits per heavy atom. The zero-order valence-corrected chi connectivity index (χ0v) is 59.4. The molecule has 11 nitrogen and oxygen atoms in total. The molecule has 0 aromatic heterocycles. The maximum atomic E-state index is 13.5. The summed E-state index contributed by atoms with van der Waals surface area (Å²) in [6, 6.07) is -1.03. The summed E-state index contributed by atoms with van der Waals surface area (Å²) in [5, 5.41) is 57.4. The third kappa shape index (κ3) is 53.8. The quantitative estimate of drug-likeness (QED) is 0.0195. The highest BCUT2D eigenvalue weighted by Gasteiger charge is 2.47. The molecule has 1 rings (SSSR count). The number of amides is 1. The van der Waals surface area contributed by atoms with Crippen LogP contribution >= 0.6 is 0 Å². The predicted octanol–water partition coefficient (Wildman–Crippen LogP) is 20.6. The topological polar surface area (TPSA) is 175 Å². The minimum Gasteiger partial charge on any atom is -0.454 e. The van der Waals surface area contributed by atoms with Crippen LogP contribution in [-0.2, 0) is 23.8 Å². The van der Waals surface area contributed by atoms with Gasteiger partial charge in [0, 0.05) is 6.42 Å². The number of ether oxygens (including phenoxy) is 3. The zero-order chi connectivity index (χ0) is 66.7. The van der Waals surface area contributed by atoms with E-state index in [9.17, 15) is 35.1 Å². The van der Waals surface area contributed by atoms with E-state index < -0.39 is 67.4 Å². The van der Waals surface area contributed by atoms with Gasteiger partial charge >= 0.3 is 5.97 Å². The van der Waals surface area contributed by atoms with E-state index in [1.165, 1.54) is 193 Å². The molecule has 1 aliphatic rings. The van der Waals surface area contributed by atoms with Crippen molar-refractivity contribution >= 4 is 11.9 Å². The third-order valence-corrected chi connectivity index (χ3v) is 17.7. The first-order valence-corrected chi connectivity index (χ1v) is 38.5. The third-order valence-electron chi connectivity index (χ3n) is 17.7. The van der Waals surface area contributed by atoms with Gasteiger partial charge in [0.2, 0.25) is 5.91 Å². The van der Waals surface area contributed by atoms with Crippen LogP contribution in [0.2, 0.25) is 0 Å². The van der Waals surface area contributed by atoms with Gasteiger partial charge in [0.1, 0.15) is 24.4 Å². The van der Waals surface area contributed by atoms with E-state index in [-0.39, 0.29) is 19.4 Å². The molecule has 1 amide bonds. The van der Waals surface area contributed by atoms with Crippen molar-refractivity contribution in [1.82, 2.24) is 5.32 Å². The zero-order valence-electron chi connectivity index (χ0n) is 59.4. The Bertz CT molecular complexity index is 1870. The van der Waals surface area contributed by atoms with Crippen LogP contribution in [0, 0.1) is 0 Å². The average Bonchev–Trinajstić information content (AvgIpc) is 0.928. The summed E-state index contributed by atoms with van der Waals surface area (Å²) in [5.74, 6) is -1.19. The monoisotopic (exact) mass is 1290 g/mol. The molecule has 0 aromatic rings. The van der Waals surface area contributed by atoms with Crippen molar-refractivity contribution in [2.24, 2.45) is 0 Å². The van der Waals surface area contributed by atoms with Crippen LogP contribution in [0.25, 0.3) is 0 Å². The van der Waals surface area contributed by atoms with E-state index in [0.717, 1.165) is 103 Å². The Balaban J connectivity index is 2.52. The summed E-state index contributed by atoms with van der Waals surface area (Å²) in [5.41, 5.74) is 0. The highest BCUT2D eigenvalue weighted by Crippen LogP contribution is 2.26. The number of aliphatic hydroxyl groups excluding tert-OH is 5. The van der Waals surface area contributed by atoms with Crippen molar-refractivity contribution in [2.45, 2.75) is 391 Å². The molecule has 92 heavy (non-hydrogen) atoms. The lowest BCUT2D eigenvalue weighted by atomic mass is 9.99. The van der Waals surface area contributed by atoms with Crippen molar-refractivity contribution in [3.8, 4) is 0 Å². The number of carbonyl (C=O) groups excluding carboxylic acids is 2. The molecule has 6 N–H and O–H groups in total. The summed E-state index contributed by atoms with van der Waals surface area (Å²) in [6.45, 7) is 5.69. The van der Waals surface area contributed by atoms with E-state index in [4.69, 9.17) is 14.2 Å². The molecule has 1 heterocycles. The molecule has 1 saturated heterocycles. The molecule has 1 aliphatic heterocycles. The second-order valence-electron chi connectivity index (χ2n) is 26.4. The van der Waals surface area contributed by atoms with Gasteiger partial charge in [-0.25, -0.2) is 0 Å². The number of allylic oxidation sites excluding steroid dienone is 15. The summed E-state index contributed by atoms with van der Waals surface area (Å²) in [4.78, 5) is 26.8. The normalized spacial score (nSPS) is 18.5. The van der Waals surface area contributed by atoms with Crippen LogP contribution in [0.1, 0.15) is 342 Å². The summed E-state index contributed by atoms with van der Waals surface area (Å²) >= 11 is 0. The molecule has 0 aromatic carbocycles. The number of rotatable bonds is 66. The van der Waals surface area contributed by atoms with Crippen molar-refractivity contribution in [3.05, 3.63) is 97.2 Å². The van der Waals surface area contributed by atoms with E-state index in [1.54, 1.807) is 6.08 Å². The second-order valence-corrected chi connectivity index (χ2v) is 26.4. The van der Waals surface area contributed by atoms with Crippen molar-refractivity contribution in [3.63, 3.8) is 0 Å². The highest BCUT2D eigenvalue weighted by atomic mass is 16.7. The van der Waals surface area contributed by atoms with Gasteiger partial charge in [0.05, 0.1) is 25.4 Å². The van der Waals surface area contributed by atoms with Crippen molar-refractivity contribution < 1.29 is 49.3 Å². The Kier molecular flexibility index (Phi) is 63.6. The standard InChI is InChI=1S/C81H143NO10/c1-4-7-10-13-16-19-22-25-27-29-31-33-35-37-38-39-41-43-45-47-49-51-54-57-60-63-66-69-76(86)92-79-78(88)77(87)75(70-83)91-81(79)90-71-72(73(84)67-64-61-58-55-52-24-21-18-15-12-9-6-3)82-80(89)74(85)68-65-62-59-56-53-50-48-46-44-42-40-36-34-32-30-28-26-23-20-17-14-11-8-5-2/h8,11,16-17,19-20,25-28,32,34,40,42,64,67,72-75,77-79,81,83-85,87-88H,4-7,9-10,12-15,18,21-24,29-31,33,35-39,41,43-63,65-66,68-71H2,1-3H3,(H,82,89)/b11-8-,19-16-,20-17-,27-25-,28-26-,34-32-,42-40-,67-64+. The van der Waals surface area contributed by atoms with E-state index in [1.807, 2.05) is 6.08 Å². The maximum Gasteiger partial charge on any atom is 0.306 e. The number of carbonyl (C=O) groups is 2. The Morgan fingerprint density at radius 3 is 1.20 bits per heavy atom. The van der Waals surface area contributed by atoms with Gasteiger partial charge in [-0.05, 0) is 103 Å². The number of unbranched alkanes of at least 4 members (excludes halogenated alkanes) is 38. The Morgan fingerprint density at radius 2 is 0.783 bits per heavy atom. The molecule has 0 bridgehead atoms. The average molecular weight is 1290 g/mol. The minimum absolute atomic E-state index is 0.122. The molecule has 8 atom stereocenters. The Hall–Kier alpha value is -3.42. The van der Waals surface area contributed by atoms with Crippen LogP contribution in [0.4, 0.5) is 0 Å². The Labute approximate surface area is 565 Å². The van der Waals surface area contributed by atoms with E-state index in [0.29, 0.717) is 12.8 Å². The lowest BCUT2D eigenvalue weighted by molar-refractivity contribution is -0.305. The lowest BCUT2D eigenvalue weighted by Crippen LogP contribution is -2.61. The van der Waals surface area contributed by atoms with Crippen LogP contribution in [0.3, 0.4) is 0 Å². The molecule has 532 valence electrons. The molecule has 1 fully saturated rings. The smallest absolute Gasteiger partial charge is 0.306 e. The largest absolute Gasteiger partial charge is 0.454 e. The van der Waals surface area contributed by atoms with Crippen LogP contribution < -0.4 is 5.32 Å². The first-order chi connectivity index (χ1) is 45.2. The van der Waals surface area contributed by atoms with Gasteiger partial charge in [0.15, 0.2) is 12.4 Å². The molecule has 11 heteroatoms. The SMILES string of the molecule is CC/C=C\C/C=C\C/C=C\C/C=C\C/C=C\CCCCCCCCCCC(O)C(=O)NC(COC1OC(CO)C(O)C(O)C1OC(=O)CCCCCCCCCCCCCCCCCCC/C=C\C/C=C\CCCCC)C(O)/C=C/CCCCCCCCCCCC. The van der Waals surface area contributed by atoms with Gasteiger partial charge in [0.25, 0.3) is 0 Å². The van der Waals surface area contributed by atoms with E-state index >= 15 is 0 Å². The van der Waals surface area contributed by atoms with Gasteiger partial charge < -0.3 is 45.1 Å². The van der Waals surface area contributed by atoms with Crippen LogP contribution in [0.15, 0.2) is 97.2 Å². The maximum absolute atomic E-state index is 13.5. The number of aliphatic hydroxyl groups is 5. The fourth-order valence-corrected chi connectivity index (χ4v) is 11.7. The van der Waals surface area contributed by atoms with Gasteiger partial charge in [-0.2, -0.15) is 0 Å². The molecular formula is C81H143NO10. The second kappa shape index (κ2) is 67.6. The molecule has 0 spiro atoms. The molecule has 0 saturated carbocycles.